The zero-order valence-electron chi connectivity index (χ0n) is 10.6. The Labute approximate surface area is 97.9 Å². The van der Waals surface area contributed by atoms with Crippen LogP contribution in [0.2, 0.25) is 0 Å². The second-order valence-corrected chi connectivity index (χ2v) is 4.67. The minimum absolute atomic E-state index is 0.630. The number of rotatable bonds is 3. The molecule has 1 aliphatic heterocycles. The molecule has 2 heterocycles. The highest BCUT2D eigenvalue weighted by molar-refractivity contribution is 4.93. The average Bonchev–Trinajstić information content (AvgIpc) is 2.67. The summed E-state index contributed by atoms with van der Waals surface area (Å²) in [7, 11) is 2.06. The van der Waals surface area contributed by atoms with Gasteiger partial charge in [0.25, 0.3) is 0 Å². The zero-order chi connectivity index (χ0) is 11.5. The third-order valence-electron chi connectivity index (χ3n) is 3.56. The van der Waals surface area contributed by atoms with Gasteiger partial charge in [-0.1, -0.05) is 6.92 Å². The highest BCUT2D eigenvalue weighted by Crippen LogP contribution is 2.12. The van der Waals surface area contributed by atoms with E-state index in [2.05, 4.69) is 40.2 Å². The number of imidazole rings is 1. The van der Waals surface area contributed by atoms with Crippen LogP contribution < -0.4 is 0 Å². The Kier molecular flexibility index (Phi) is 3.61. The van der Waals surface area contributed by atoms with E-state index in [-0.39, 0.29) is 0 Å². The number of nitrogens with zero attached hydrogens (tertiary/aromatic N) is 4. The minimum atomic E-state index is 0.630. The summed E-state index contributed by atoms with van der Waals surface area (Å²) in [5.74, 6) is 1.16. The number of hydrogen-bond acceptors (Lipinski definition) is 3. The molecule has 1 aliphatic rings. The number of aromatic nitrogens is 2. The van der Waals surface area contributed by atoms with Gasteiger partial charge in [-0.3, -0.25) is 4.90 Å². The van der Waals surface area contributed by atoms with E-state index in [9.17, 15) is 0 Å². The second-order valence-electron chi connectivity index (χ2n) is 4.67. The summed E-state index contributed by atoms with van der Waals surface area (Å²) in [6, 6.07) is 0.630. The number of aryl methyl sites for hydroxylation is 1. The maximum atomic E-state index is 4.39. The van der Waals surface area contributed by atoms with Crippen molar-refractivity contribution in [3.63, 3.8) is 0 Å². The van der Waals surface area contributed by atoms with Crippen LogP contribution in [0.1, 0.15) is 19.7 Å². The van der Waals surface area contributed by atoms with E-state index in [4.69, 9.17) is 0 Å². The molecule has 4 heteroatoms. The van der Waals surface area contributed by atoms with Gasteiger partial charge in [0.05, 0.1) is 6.54 Å². The van der Waals surface area contributed by atoms with Gasteiger partial charge in [-0.25, -0.2) is 4.98 Å². The van der Waals surface area contributed by atoms with E-state index >= 15 is 0 Å². The molecule has 0 amide bonds. The second kappa shape index (κ2) is 4.97. The van der Waals surface area contributed by atoms with Crippen LogP contribution in [0.3, 0.4) is 0 Å². The lowest BCUT2D eigenvalue weighted by atomic mass is 10.2. The van der Waals surface area contributed by atoms with E-state index in [0.717, 1.165) is 18.9 Å². The highest BCUT2D eigenvalue weighted by Gasteiger charge is 2.23. The fourth-order valence-corrected chi connectivity index (χ4v) is 2.32. The van der Waals surface area contributed by atoms with Gasteiger partial charge in [0.1, 0.15) is 5.82 Å². The smallest absolute Gasteiger partial charge is 0.122 e. The zero-order valence-corrected chi connectivity index (χ0v) is 10.6. The van der Waals surface area contributed by atoms with Crippen LogP contribution >= 0.6 is 0 Å². The van der Waals surface area contributed by atoms with Crippen molar-refractivity contribution in [1.82, 2.24) is 19.4 Å². The molecule has 0 radical (unpaired) electrons. The van der Waals surface area contributed by atoms with E-state index < -0.39 is 0 Å². The van der Waals surface area contributed by atoms with Gasteiger partial charge in [-0.2, -0.15) is 0 Å². The molecule has 16 heavy (non-hydrogen) atoms. The van der Waals surface area contributed by atoms with Crippen molar-refractivity contribution in [2.75, 3.05) is 26.2 Å². The predicted molar refractivity (Wildman–Crippen MR) is 65.2 cm³/mol. The molecule has 1 saturated heterocycles. The molecule has 1 aromatic rings. The van der Waals surface area contributed by atoms with Gasteiger partial charge in [0, 0.05) is 45.1 Å². The van der Waals surface area contributed by atoms with Crippen LogP contribution in [-0.4, -0.2) is 51.6 Å². The van der Waals surface area contributed by atoms with Crippen molar-refractivity contribution in [1.29, 1.82) is 0 Å². The monoisotopic (exact) mass is 222 g/mol. The van der Waals surface area contributed by atoms with E-state index in [1.54, 1.807) is 0 Å². The number of piperazine rings is 1. The van der Waals surface area contributed by atoms with Gasteiger partial charge in [0.15, 0.2) is 0 Å². The van der Waals surface area contributed by atoms with Gasteiger partial charge < -0.3 is 9.47 Å². The van der Waals surface area contributed by atoms with Crippen LogP contribution in [0.15, 0.2) is 12.4 Å². The van der Waals surface area contributed by atoms with E-state index in [1.807, 2.05) is 12.4 Å². The van der Waals surface area contributed by atoms with Gasteiger partial charge in [0.2, 0.25) is 0 Å². The molecular weight excluding hydrogens is 200 g/mol. The molecule has 1 atom stereocenters. The third-order valence-corrected chi connectivity index (χ3v) is 3.56. The molecule has 0 aromatic carbocycles. The standard InChI is InChI=1S/C12H22N4/c1-4-15-7-8-16(11(2)9-15)10-12-13-5-6-14(12)3/h5-6,11H,4,7-10H2,1-3H3/t11-/m0/s1. The Morgan fingerprint density at radius 3 is 2.81 bits per heavy atom. The van der Waals surface area contributed by atoms with Crippen molar-refractivity contribution in [3.8, 4) is 0 Å². The maximum Gasteiger partial charge on any atom is 0.122 e. The molecule has 1 aromatic heterocycles. The largest absolute Gasteiger partial charge is 0.337 e. The highest BCUT2D eigenvalue weighted by atomic mass is 15.3. The van der Waals surface area contributed by atoms with Crippen LogP contribution in [0.25, 0.3) is 0 Å². The molecule has 0 saturated carbocycles. The van der Waals surface area contributed by atoms with Gasteiger partial charge >= 0.3 is 0 Å². The Bertz CT molecular complexity index is 334. The van der Waals surface area contributed by atoms with Crippen molar-refractivity contribution >= 4 is 0 Å². The fourth-order valence-electron chi connectivity index (χ4n) is 2.32. The van der Waals surface area contributed by atoms with Crippen molar-refractivity contribution in [2.24, 2.45) is 7.05 Å². The first-order valence-electron chi connectivity index (χ1n) is 6.13. The predicted octanol–water partition coefficient (Wildman–Crippen LogP) is 0.946. The van der Waals surface area contributed by atoms with Crippen molar-refractivity contribution in [2.45, 2.75) is 26.4 Å². The van der Waals surface area contributed by atoms with Gasteiger partial charge in [-0.05, 0) is 13.5 Å². The van der Waals surface area contributed by atoms with Gasteiger partial charge in [-0.15, -0.1) is 0 Å². The van der Waals surface area contributed by atoms with Crippen LogP contribution in [0.4, 0.5) is 0 Å². The molecule has 0 spiro atoms. The van der Waals surface area contributed by atoms with E-state index in [0.29, 0.717) is 6.04 Å². The lowest BCUT2D eigenvalue weighted by Crippen LogP contribution is -2.51. The molecule has 0 unspecified atom stereocenters. The Hall–Kier alpha value is -0.870. The van der Waals surface area contributed by atoms with Crippen LogP contribution in [-0.2, 0) is 13.6 Å². The molecule has 0 N–H and O–H groups in total. The van der Waals surface area contributed by atoms with Crippen molar-refractivity contribution < 1.29 is 0 Å². The van der Waals surface area contributed by atoms with Crippen LogP contribution in [0.5, 0.6) is 0 Å². The average molecular weight is 222 g/mol. The quantitative estimate of drug-likeness (QED) is 0.761. The van der Waals surface area contributed by atoms with E-state index in [1.165, 1.54) is 19.6 Å². The summed E-state index contributed by atoms with van der Waals surface area (Å²) >= 11 is 0. The Morgan fingerprint density at radius 2 is 2.25 bits per heavy atom. The summed E-state index contributed by atoms with van der Waals surface area (Å²) in [6.07, 6.45) is 3.89. The Balaban J connectivity index is 1.94. The Morgan fingerprint density at radius 1 is 1.44 bits per heavy atom. The summed E-state index contributed by atoms with van der Waals surface area (Å²) in [6.45, 7) is 10.2. The summed E-state index contributed by atoms with van der Waals surface area (Å²) in [5, 5.41) is 0. The van der Waals surface area contributed by atoms with Crippen LogP contribution in [0, 0.1) is 0 Å². The minimum Gasteiger partial charge on any atom is -0.337 e. The molecule has 1 fully saturated rings. The maximum absolute atomic E-state index is 4.39. The summed E-state index contributed by atoms with van der Waals surface area (Å²) in [4.78, 5) is 9.43. The SMILES string of the molecule is CCN1CCN(Cc2nccn2C)[C@@H](C)C1. The lowest BCUT2D eigenvalue weighted by molar-refractivity contribution is 0.0784. The molecule has 0 bridgehead atoms. The number of hydrogen-bond donors (Lipinski definition) is 0. The first-order valence-corrected chi connectivity index (χ1v) is 6.13. The fraction of sp³-hybridized carbons (Fsp3) is 0.750. The summed E-state index contributed by atoms with van der Waals surface area (Å²) < 4.78 is 2.11. The molecular formula is C12H22N4. The van der Waals surface area contributed by atoms with Crippen molar-refractivity contribution in [3.05, 3.63) is 18.2 Å². The summed E-state index contributed by atoms with van der Waals surface area (Å²) in [5.41, 5.74) is 0. The first kappa shape index (κ1) is 11.6. The normalized spacial score (nSPS) is 23.8. The lowest BCUT2D eigenvalue weighted by Gasteiger charge is -2.39. The number of likely N-dealkylation sites (N-methyl/N-ethyl adjacent to an activating group) is 1. The molecule has 0 aliphatic carbocycles. The topological polar surface area (TPSA) is 24.3 Å². The first-order chi connectivity index (χ1) is 7.70. The molecule has 2 rings (SSSR count). The third kappa shape index (κ3) is 2.44. The molecule has 90 valence electrons. The molecule has 4 nitrogen and oxygen atoms in total.